The van der Waals surface area contributed by atoms with Crippen molar-refractivity contribution in [3.8, 4) is 0 Å². The molecule has 5 aliphatic rings. The lowest BCUT2D eigenvalue weighted by molar-refractivity contribution is -0.388. The molecule has 5 aliphatic heterocycles. The fourth-order valence-electron chi connectivity index (χ4n) is 7.53. The Morgan fingerprint density at radius 3 is 1.47 bits per heavy atom. The van der Waals surface area contributed by atoms with E-state index in [1.54, 1.807) is 0 Å². The highest BCUT2D eigenvalue weighted by molar-refractivity contribution is 5.73. The van der Waals surface area contributed by atoms with Crippen molar-refractivity contribution in [2.45, 2.75) is 188 Å². The van der Waals surface area contributed by atoms with Gasteiger partial charge in [-0.3, -0.25) is 9.59 Å². The van der Waals surface area contributed by atoms with Gasteiger partial charge >= 0.3 is 5.97 Å². The van der Waals surface area contributed by atoms with Gasteiger partial charge in [0.2, 0.25) is 5.91 Å². The average Bonchev–Trinajstić information content (AvgIpc) is 3.18. The van der Waals surface area contributed by atoms with E-state index in [0.29, 0.717) is 0 Å². The number of ether oxygens (including phenoxy) is 10. The van der Waals surface area contributed by atoms with E-state index in [4.69, 9.17) is 47.4 Å². The van der Waals surface area contributed by atoms with Crippen LogP contribution in [0.1, 0.15) is 34.6 Å². The number of amides is 1. The summed E-state index contributed by atoms with van der Waals surface area (Å²) >= 11 is 0. The normalized spacial score (nSPS) is 50.8. The Morgan fingerprint density at radius 2 is 0.915 bits per heavy atom. The van der Waals surface area contributed by atoms with Crippen molar-refractivity contribution in [1.29, 1.82) is 0 Å². The van der Waals surface area contributed by atoms with Gasteiger partial charge in [-0.15, -0.1) is 0 Å². The van der Waals surface area contributed by atoms with Crippen molar-refractivity contribution in [1.82, 2.24) is 5.32 Å². The highest BCUT2D eigenvalue weighted by atomic mass is 16.8. The molecule has 25 nitrogen and oxygen atoms in total. The van der Waals surface area contributed by atoms with Gasteiger partial charge in [-0.2, -0.15) is 0 Å². The summed E-state index contributed by atoms with van der Waals surface area (Å²) in [6, 6.07) is -1.65. The van der Waals surface area contributed by atoms with Gasteiger partial charge in [0.05, 0.1) is 31.5 Å². The van der Waals surface area contributed by atoms with E-state index in [1.807, 2.05) is 0 Å². The second kappa shape index (κ2) is 20.1. The van der Waals surface area contributed by atoms with E-state index < -0.39 is 179 Å². The van der Waals surface area contributed by atoms with Gasteiger partial charge in [0, 0.05) is 13.8 Å². The third kappa shape index (κ3) is 10.3. The van der Waals surface area contributed by atoms with E-state index in [0.717, 1.165) is 13.8 Å². The number of aliphatic hydroxyl groups excluding tert-OH is 12. The van der Waals surface area contributed by atoms with Crippen LogP contribution in [-0.4, -0.2) is 240 Å². The molecule has 0 aromatic rings. The monoisotopic (exact) mass is 863 g/mol. The zero-order chi connectivity index (χ0) is 43.8. The van der Waals surface area contributed by atoms with Gasteiger partial charge in [-0.05, 0) is 20.8 Å². The molecular formula is C34H57NO24. The Balaban J connectivity index is 1.46. The minimum atomic E-state index is -1.97. The molecule has 0 radical (unpaired) electrons. The third-order valence-corrected chi connectivity index (χ3v) is 10.9. The predicted octanol–water partition coefficient (Wildman–Crippen LogP) is -8.13. The summed E-state index contributed by atoms with van der Waals surface area (Å²) in [5.41, 5.74) is 0. The lowest BCUT2D eigenvalue weighted by Crippen LogP contribution is -2.70. The summed E-state index contributed by atoms with van der Waals surface area (Å²) in [6.45, 7) is 4.40. The molecule has 1 amide bonds. The molecule has 59 heavy (non-hydrogen) atoms. The first-order valence-electron chi connectivity index (χ1n) is 19.1. The number of carbonyl (C=O) groups is 2. The molecule has 25 heteroatoms. The van der Waals surface area contributed by atoms with Gasteiger partial charge in [0.1, 0.15) is 97.6 Å². The number of carbonyl (C=O) groups excluding carboxylic acids is 2. The molecule has 0 bridgehead atoms. The Bertz CT molecular complexity index is 1380. The van der Waals surface area contributed by atoms with Crippen LogP contribution < -0.4 is 5.32 Å². The molecule has 5 saturated heterocycles. The van der Waals surface area contributed by atoms with E-state index in [1.165, 1.54) is 20.8 Å². The third-order valence-electron chi connectivity index (χ3n) is 10.9. The number of rotatable bonds is 12. The fraction of sp³-hybridized carbons (Fsp3) is 0.941. The number of hydrogen-bond donors (Lipinski definition) is 13. The van der Waals surface area contributed by atoms with E-state index in [2.05, 4.69) is 5.32 Å². The predicted molar refractivity (Wildman–Crippen MR) is 183 cm³/mol. The van der Waals surface area contributed by atoms with Gasteiger partial charge < -0.3 is 114 Å². The Kier molecular flexibility index (Phi) is 16.4. The van der Waals surface area contributed by atoms with Gasteiger partial charge in [-0.25, -0.2) is 0 Å². The molecule has 5 heterocycles. The second-order valence-electron chi connectivity index (χ2n) is 15.2. The highest BCUT2D eigenvalue weighted by Gasteiger charge is 2.57. The number of aliphatic hydroxyl groups is 12. The molecule has 342 valence electrons. The molecule has 0 aliphatic carbocycles. The summed E-state index contributed by atoms with van der Waals surface area (Å²) in [4.78, 5) is 25.1. The van der Waals surface area contributed by atoms with Crippen LogP contribution in [0.2, 0.25) is 0 Å². The smallest absolute Gasteiger partial charge is 0.303 e. The molecule has 0 aromatic heterocycles. The first kappa shape index (κ1) is 48.1. The lowest BCUT2D eigenvalue weighted by atomic mass is 9.94. The van der Waals surface area contributed by atoms with Crippen molar-refractivity contribution in [2.75, 3.05) is 13.2 Å². The van der Waals surface area contributed by atoms with Crippen LogP contribution in [0.3, 0.4) is 0 Å². The van der Waals surface area contributed by atoms with Crippen LogP contribution in [0.5, 0.6) is 0 Å². The standard InChI is InChI=1S/C34H57NO24/c1-8-16(40)21(45)23(47)32(51-8)58-27-18(42)10(3)52-34(29(27)53-12(5)39)56-25-15(35-11(4)38)31(54-14(7-37)20(25)44)59-28-26(17(41)9(2)50-30(28)49)57-33-24(48)22(46)19(43)13(6-36)55-33/h8-10,13-34,36-37,40-49H,6-7H2,1-5H3,(H,35,38)/t8?,9?,10?,13-,14?,15?,16+,17+,18+,19-,20+,21-,22?,23?,24?,25-,26-,27-,28?,29?,30-,31+,32+,33-,34+/m1/s1. The Hall–Kier alpha value is -1.90. The van der Waals surface area contributed by atoms with Crippen LogP contribution in [-0.2, 0) is 57.0 Å². The molecule has 5 rings (SSSR count). The molecular weight excluding hydrogens is 806 g/mol. The molecule has 25 atom stereocenters. The molecule has 13 N–H and O–H groups in total. The first-order valence-corrected chi connectivity index (χ1v) is 19.1. The summed E-state index contributed by atoms with van der Waals surface area (Å²) in [5, 5.41) is 130. The maximum Gasteiger partial charge on any atom is 0.303 e. The molecule has 5 fully saturated rings. The van der Waals surface area contributed by atoms with Gasteiger partial charge in [-0.1, -0.05) is 0 Å². The summed E-state index contributed by atoms with van der Waals surface area (Å²) in [5.74, 6) is -1.73. The maximum atomic E-state index is 12.7. The summed E-state index contributed by atoms with van der Waals surface area (Å²) in [6.07, 6.45) is -40.3. The number of hydrogen-bond acceptors (Lipinski definition) is 24. The van der Waals surface area contributed by atoms with Gasteiger partial charge in [0.25, 0.3) is 0 Å². The summed E-state index contributed by atoms with van der Waals surface area (Å²) < 4.78 is 57.5. The summed E-state index contributed by atoms with van der Waals surface area (Å²) in [7, 11) is 0. The number of esters is 1. The SMILES string of the molecule is CC(=O)NC1[C@H](OC2[C@H](O)OC(C)[C@H](O)[C@H]2O[C@H]2O[C@H](CO)[C@@H](O)C(O)C2O)OC(CO)[C@H](O)[C@@H]1O[C@@H]1OC(C)[C@H](O)[C@@H](O[C@@H]2OC(C)[C@H](O)[C@@H](O)C2O)C1OC(C)=O. The minimum absolute atomic E-state index is 0.775. The largest absolute Gasteiger partial charge is 0.454 e. The second-order valence-corrected chi connectivity index (χ2v) is 15.2. The van der Waals surface area contributed by atoms with Gasteiger partial charge in [0.15, 0.2) is 37.6 Å². The quantitative estimate of drug-likeness (QED) is 0.0810. The Morgan fingerprint density at radius 1 is 0.475 bits per heavy atom. The van der Waals surface area contributed by atoms with E-state index >= 15 is 0 Å². The lowest BCUT2D eigenvalue weighted by Gasteiger charge is -2.50. The molecule has 10 unspecified atom stereocenters. The first-order chi connectivity index (χ1) is 27.7. The van der Waals surface area contributed by atoms with E-state index in [-0.39, 0.29) is 0 Å². The zero-order valence-corrected chi connectivity index (χ0v) is 32.6. The van der Waals surface area contributed by atoms with Crippen molar-refractivity contribution in [2.24, 2.45) is 0 Å². The maximum absolute atomic E-state index is 12.7. The van der Waals surface area contributed by atoms with Crippen molar-refractivity contribution in [3.63, 3.8) is 0 Å². The highest BCUT2D eigenvalue weighted by Crippen LogP contribution is 2.36. The van der Waals surface area contributed by atoms with Crippen LogP contribution in [0.15, 0.2) is 0 Å². The topological polar surface area (TPSA) is 381 Å². The Labute approximate surface area is 336 Å². The van der Waals surface area contributed by atoms with E-state index in [9.17, 15) is 70.9 Å². The van der Waals surface area contributed by atoms with Crippen LogP contribution >= 0.6 is 0 Å². The fourth-order valence-corrected chi connectivity index (χ4v) is 7.53. The van der Waals surface area contributed by atoms with Crippen molar-refractivity contribution in [3.05, 3.63) is 0 Å². The van der Waals surface area contributed by atoms with Crippen LogP contribution in [0.4, 0.5) is 0 Å². The molecule has 0 aromatic carbocycles. The minimum Gasteiger partial charge on any atom is -0.454 e. The van der Waals surface area contributed by atoms with Crippen molar-refractivity contribution < 1.29 is 118 Å². The molecule has 0 spiro atoms. The average molecular weight is 864 g/mol. The van der Waals surface area contributed by atoms with Crippen LogP contribution in [0.25, 0.3) is 0 Å². The molecule has 0 saturated carbocycles. The van der Waals surface area contributed by atoms with Crippen LogP contribution in [0, 0.1) is 0 Å². The van der Waals surface area contributed by atoms with Crippen molar-refractivity contribution >= 4 is 11.9 Å². The zero-order valence-electron chi connectivity index (χ0n) is 32.6. The number of nitrogens with one attached hydrogen (secondary N) is 1.